The summed E-state index contributed by atoms with van der Waals surface area (Å²) >= 11 is 5.81. The standard InChI is InChI=1S/C10H13ClO/c1-3-10(12)9-6-8(11)5-4-7(9)2/h4-6,10,12H,3H2,1-2H3. The Balaban J connectivity index is 3.04. The zero-order chi connectivity index (χ0) is 9.14. The summed E-state index contributed by atoms with van der Waals surface area (Å²) in [5, 5.41) is 10.3. The Morgan fingerprint density at radius 3 is 2.75 bits per heavy atom. The quantitative estimate of drug-likeness (QED) is 0.749. The maximum absolute atomic E-state index is 9.58. The predicted molar refractivity (Wildman–Crippen MR) is 51.4 cm³/mol. The Hall–Kier alpha value is -0.530. The summed E-state index contributed by atoms with van der Waals surface area (Å²) in [5.74, 6) is 0. The molecule has 0 heterocycles. The molecule has 66 valence electrons. The van der Waals surface area contributed by atoms with Gasteiger partial charge >= 0.3 is 0 Å². The van der Waals surface area contributed by atoms with E-state index in [4.69, 9.17) is 11.6 Å². The van der Waals surface area contributed by atoms with Crippen molar-refractivity contribution in [3.05, 3.63) is 34.3 Å². The van der Waals surface area contributed by atoms with Crippen LogP contribution in [0.5, 0.6) is 0 Å². The number of aliphatic hydroxyl groups is 1. The highest BCUT2D eigenvalue weighted by atomic mass is 35.5. The predicted octanol–water partition coefficient (Wildman–Crippen LogP) is 3.09. The van der Waals surface area contributed by atoms with Gasteiger partial charge in [-0.3, -0.25) is 0 Å². The molecule has 0 aromatic heterocycles. The lowest BCUT2D eigenvalue weighted by Gasteiger charge is -2.11. The maximum Gasteiger partial charge on any atom is 0.0790 e. The van der Waals surface area contributed by atoms with E-state index in [9.17, 15) is 5.11 Å². The first-order valence-electron chi connectivity index (χ1n) is 4.09. The van der Waals surface area contributed by atoms with E-state index < -0.39 is 0 Å². The van der Waals surface area contributed by atoms with Crippen molar-refractivity contribution >= 4 is 11.6 Å². The smallest absolute Gasteiger partial charge is 0.0790 e. The van der Waals surface area contributed by atoms with Crippen LogP contribution in [-0.4, -0.2) is 5.11 Å². The van der Waals surface area contributed by atoms with Crippen LogP contribution in [0.1, 0.15) is 30.6 Å². The molecule has 1 unspecified atom stereocenters. The molecule has 2 heteroatoms. The van der Waals surface area contributed by atoms with Gasteiger partial charge in [-0.05, 0) is 36.6 Å². The van der Waals surface area contributed by atoms with Crippen molar-refractivity contribution in [2.24, 2.45) is 0 Å². The van der Waals surface area contributed by atoms with Crippen LogP contribution in [0.15, 0.2) is 18.2 Å². The molecule has 1 aromatic carbocycles. The summed E-state index contributed by atoms with van der Waals surface area (Å²) in [6.07, 6.45) is 0.338. The zero-order valence-corrected chi connectivity index (χ0v) is 8.10. The third-order valence-electron chi connectivity index (χ3n) is 1.99. The molecule has 1 nitrogen and oxygen atoms in total. The van der Waals surface area contributed by atoms with Crippen LogP contribution >= 0.6 is 11.6 Å². The molecule has 1 rings (SSSR count). The van der Waals surface area contributed by atoms with Crippen LogP contribution in [-0.2, 0) is 0 Å². The highest BCUT2D eigenvalue weighted by Gasteiger charge is 2.07. The zero-order valence-electron chi connectivity index (χ0n) is 7.34. The minimum Gasteiger partial charge on any atom is -0.388 e. The molecular weight excluding hydrogens is 172 g/mol. The van der Waals surface area contributed by atoms with Gasteiger partial charge in [-0.25, -0.2) is 0 Å². The number of benzene rings is 1. The largest absolute Gasteiger partial charge is 0.388 e. The molecule has 0 saturated carbocycles. The van der Waals surface area contributed by atoms with Gasteiger partial charge in [0.15, 0.2) is 0 Å². The molecule has 0 amide bonds. The molecule has 0 aliphatic heterocycles. The van der Waals surface area contributed by atoms with Gasteiger partial charge in [0.2, 0.25) is 0 Å². The van der Waals surface area contributed by atoms with Gasteiger partial charge in [0, 0.05) is 5.02 Å². The van der Waals surface area contributed by atoms with Crippen LogP contribution < -0.4 is 0 Å². The number of halogens is 1. The van der Waals surface area contributed by atoms with Crippen molar-refractivity contribution in [3.8, 4) is 0 Å². The summed E-state index contributed by atoms with van der Waals surface area (Å²) < 4.78 is 0. The van der Waals surface area contributed by atoms with Crippen molar-refractivity contribution in [2.45, 2.75) is 26.4 Å². The van der Waals surface area contributed by atoms with Crippen molar-refractivity contribution in [3.63, 3.8) is 0 Å². The maximum atomic E-state index is 9.58. The molecule has 0 bridgehead atoms. The molecule has 0 saturated heterocycles. The van der Waals surface area contributed by atoms with Gasteiger partial charge in [0.05, 0.1) is 6.10 Å². The number of hydrogen-bond donors (Lipinski definition) is 1. The molecule has 0 spiro atoms. The van der Waals surface area contributed by atoms with Gasteiger partial charge in [-0.2, -0.15) is 0 Å². The van der Waals surface area contributed by atoms with Crippen LogP contribution in [0.4, 0.5) is 0 Å². The number of aryl methyl sites for hydroxylation is 1. The Morgan fingerprint density at radius 1 is 1.50 bits per heavy atom. The van der Waals surface area contributed by atoms with Gasteiger partial charge in [0.1, 0.15) is 0 Å². The number of hydrogen-bond acceptors (Lipinski definition) is 1. The van der Waals surface area contributed by atoms with Crippen LogP contribution in [0.3, 0.4) is 0 Å². The van der Waals surface area contributed by atoms with Crippen LogP contribution in [0, 0.1) is 6.92 Å². The second-order valence-corrected chi connectivity index (χ2v) is 3.36. The lowest BCUT2D eigenvalue weighted by molar-refractivity contribution is 0.173. The van der Waals surface area contributed by atoms with Crippen LogP contribution in [0.25, 0.3) is 0 Å². The SMILES string of the molecule is CCC(O)c1cc(Cl)ccc1C. The Bertz CT molecular complexity index is 271. The summed E-state index contributed by atoms with van der Waals surface area (Å²) in [7, 11) is 0. The lowest BCUT2D eigenvalue weighted by atomic mass is 10.0. The summed E-state index contributed by atoms with van der Waals surface area (Å²) in [4.78, 5) is 0. The van der Waals surface area contributed by atoms with Crippen molar-refractivity contribution in [2.75, 3.05) is 0 Å². The van der Waals surface area contributed by atoms with E-state index in [1.54, 1.807) is 0 Å². The normalized spacial score (nSPS) is 13.0. The van der Waals surface area contributed by atoms with E-state index >= 15 is 0 Å². The molecule has 1 N–H and O–H groups in total. The minimum absolute atomic E-state index is 0.385. The van der Waals surface area contributed by atoms with Crippen molar-refractivity contribution in [1.29, 1.82) is 0 Å². The van der Waals surface area contributed by atoms with Crippen molar-refractivity contribution in [1.82, 2.24) is 0 Å². The lowest BCUT2D eigenvalue weighted by Crippen LogP contribution is -1.97. The molecule has 0 aliphatic carbocycles. The van der Waals surface area contributed by atoms with Crippen molar-refractivity contribution < 1.29 is 5.11 Å². The summed E-state index contributed by atoms with van der Waals surface area (Å²) in [6, 6.07) is 5.59. The van der Waals surface area contributed by atoms with E-state index in [1.807, 2.05) is 32.0 Å². The van der Waals surface area contributed by atoms with Crippen LogP contribution in [0.2, 0.25) is 5.02 Å². The fourth-order valence-electron chi connectivity index (χ4n) is 1.19. The fraction of sp³-hybridized carbons (Fsp3) is 0.400. The topological polar surface area (TPSA) is 20.2 Å². The molecular formula is C10H13ClO. The minimum atomic E-state index is -0.385. The Morgan fingerprint density at radius 2 is 2.17 bits per heavy atom. The van der Waals surface area contributed by atoms with E-state index in [-0.39, 0.29) is 6.10 Å². The third kappa shape index (κ3) is 1.99. The molecule has 0 fully saturated rings. The number of rotatable bonds is 2. The third-order valence-corrected chi connectivity index (χ3v) is 2.22. The first-order valence-corrected chi connectivity index (χ1v) is 4.47. The van der Waals surface area contributed by atoms with E-state index in [0.717, 1.165) is 17.5 Å². The van der Waals surface area contributed by atoms with Gasteiger partial charge in [-0.15, -0.1) is 0 Å². The highest BCUT2D eigenvalue weighted by Crippen LogP contribution is 2.23. The molecule has 0 aliphatic rings. The first-order chi connectivity index (χ1) is 5.65. The average Bonchev–Trinajstić information content (AvgIpc) is 2.08. The molecule has 12 heavy (non-hydrogen) atoms. The Labute approximate surface area is 78.0 Å². The second-order valence-electron chi connectivity index (χ2n) is 2.92. The van der Waals surface area contributed by atoms with E-state index in [1.165, 1.54) is 0 Å². The second kappa shape index (κ2) is 3.92. The molecule has 1 aromatic rings. The average molecular weight is 185 g/mol. The summed E-state index contributed by atoms with van der Waals surface area (Å²) in [5.41, 5.74) is 2.03. The van der Waals surface area contributed by atoms with E-state index in [2.05, 4.69) is 0 Å². The Kier molecular flexibility index (Phi) is 3.12. The van der Waals surface area contributed by atoms with Gasteiger partial charge < -0.3 is 5.11 Å². The first kappa shape index (κ1) is 9.56. The fourth-order valence-corrected chi connectivity index (χ4v) is 1.37. The van der Waals surface area contributed by atoms with Gasteiger partial charge in [-0.1, -0.05) is 24.6 Å². The summed E-state index contributed by atoms with van der Waals surface area (Å²) in [6.45, 7) is 3.93. The monoisotopic (exact) mass is 184 g/mol. The van der Waals surface area contributed by atoms with E-state index in [0.29, 0.717) is 5.02 Å². The highest BCUT2D eigenvalue weighted by molar-refractivity contribution is 6.30. The molecule has 1 atom stereocenters. The molecule has 0 radical (unpaired) electrons. The number of aliphatic hydroxyl groups excluding tert-OH is 1. The van der Waals surface area contributed by atoms with Gasteiger partial charge in [0.25, 0.3) is 0 Å².